The van der Waals surface area contributed by atoms with Gasteiger partial charge >= 0.3 is 5.97 Å². The lowest BCUT2D eigenvalue weighted by molar-refractivity contribution is -0.161. The number of esters is 1. The van der Waals surface area contributed by atoms with Crippen molar-refractivity contribution in [2.24, 2.45) is 11.8 Å². The second-order valence-electron chi connectivity index (χ2n) is 7.04. The fraction of sp³-hybridized carbons (Fsp3) is 0.941. The first-order valence-corrected chi connectivity index (χ1v) is 8.55. The topological polar surface area (TPSA) is 41.6 Å². The molecule has 124 valence electrons. The van der Waals surface area contributed by atoms with Crippen LogP contribution in [0.2, 0.25) is 0 Å². The van der Waals surface area contributed by atoms with E-state index in [1.165, 1.54) is 0 Å². The van der Waals surface area contributed by atoms with Gasteiger partial charge in [-0.1, -0.05) is 27.7 Å². The summed E-state index contributed by atoms with van der Waals surface area (Å²) in [5, 5.41) is 3.43. The third kappa shape index (κ3) is 5.26. The van der Waals surface area contributed by atoms with Crippen LogP contribution in [0.25, 0.3) is 0 Å². The van der Waals surface area contributed by atoms with Crippen LogP contribution in [-0.4, -0.2) is 49.2 Å². The molecule has 1 rings (SSSR count). The molecule has 1 saturated heterocycles. The van der Waals surface area contributed by atoms with Gasteiger partial charge in [0.05, 0.1) is 6.61 Å². The molecule has 21 heavy (non-hydrogen) atoms. The number of nitrogens with one attached hydrogen (secondary N) is 1. The number of ether oxygens (including phenoxy) is 1. The first kappa shape index (κ1) is 18.4. The zero-order valence-corrected chi connectivity index (χ0v) is 14.6. The van der Waals surface area contributed by atoms with Gasteiger partial charge < -0.3 is 10.1 Å². The summed E-state index contributed by atoms with van der Waals surface area (Å²) < 4.78 is 5.50. The molecule has 0 bridgehead atoms. The quantitative estimate of drug-likeness (QED) is 0.734. The maximum Gasteiger partial charge on any atom is 0.326 e. The van der Waals surface area contributed by atoms with Gasteiger partial charge in [-0.05, 0) is 44.6 Å². The van der Waals surface area contributed by atoms with E-state index in [4.69, 9.17) is 4.74 Å². The zero-order valence-electron chi connectivity index (χ0n) is 14.6. The van der Waals surface area contributed by atoms with Crippen molar-refractivity contribution < 1.29 is 9.53 Å². The molecule has 0 aromatic rings. The molecule has 1 fully saturated rings. The van der Waals surface area contributed by atoms with Crippen LogP contribution < -0.4 is 5.32 Å². The maximum atomic E-state index is 12.9. The molecule has 0 aliphatic carbocycles. The molecule has 1 N–H and O–H groups in total. The molecule has 0 aromatic carbocycles. The Bertz CT molecular complexity index is 298. The van der Waals surface area contributed by atoms with Crippen molar-refractivity contribution >= 4 is 5.97 Å². The fourth-order valence-corrected chi connectivity index (χ4v) is 3.53. The van der Waals surface area contributed by atoms with Gasteiger partial charge in [0, 0.05) is 19.6 Å². The van der Waals surface area contributed by atoms with Gasteiger partial charge in [0.2, 0.25) is 0 Å². The zero-order chi connectivity index (χ0) is 15.9. The second kappa shape index (κ2) is 8.74. The predicted octanol–water partition coefficient (Wildman–Crippen LogP) is 2.68. The number of nitrogens with zero attached hydrogens (tertiary/aromatic N) is 1. The minimum absolute atomic E-state index is 0.0192. The summed E-state index contributed by atoms with van der Waals surface area (Å²) in [6.07, 6.45) is 2.85. The van der Waals surface area contributed by atoms with Gasteiger partial charge in [-0.15, -0.1) is 0 Å². The largest absolute Gasteiger partial charge is 0.465 e. The molecule has 1 aliphatic rings. The minimum Gasteiger partial charge on any atom is -0.465 e. The van der Waals surface area contributed by atoms with Crippen LogP contribution in [0.1, 0.15) is 53.9 Å². The van der Waals surface area contributed by atoms with Crippen LogP contribution in [0.5, 0.6) is 0 Å². The smallest absolute Gasteiger partial charge is 0.326 e. The first-order valence-electron chi connectivity index (χ1n) is 8.55. The van der Waals surface area contributed by atoms with E-state index >= 15 is 0 Å². The molecule has 1 heterocycles. The molecule has 0 amide bonds. The Balaban J connectivity index is 3.09. The van der Waals surface area contributed by atoms with E-state index in [0.717, 1.165) is 45.4 Å². The van der Waals surface area contributed by atoms with Crippen molar-refractivity contribution in [3.05, 3.63) is 0 Å². The fourth-order valence-electron chi connectivity index (χ4n) is 3.53. The van der Waals surface area contributed by atoms with E-state index in [1.807, 2.05) is 6.92 Å². The third-order valence-corrected chi connectivity index (χ3v) is 4.09. The molecule has 0 atom stereocenters. The molecule has 1 aliphatic heterocycles. The van der Waals surface area contributed by atoms with Crippen LogP contribution in [0.3, 0.4) is 0 Å². The summed E-state index contributed by atoms with van der Waals surface area (Å²) in [6, 6.07) is 0. The molecule has 0 saturated carbocycles. The molecule has 0 aromatic heterocycles. The number of hydrogen-bond donors (Lipinski definition) is 1. The minimum atomic E-state index is -0.454. The lowest BCUT2D eigenvalue weighted by Crippen LogP contribution is -2.57. The summed E-state index contributed by atoms with van der Waals surface area (Å²) >= 11 is 0. The molecular weight excluding hydrogens is 264 g/mol. The molecule has 0 radical (unpaired) electrons. The first-order chi connectivity index (χ1) is 9.92. The molecule has 0 spiro atoms. The summed E-state index contributed by atoms with van der Waals surface area (Å²) in [5.74, 6) is 0.933. The highest BCUT2D eigenvalue weighted by Crippen LogP contribution is 2.33. The van der Waals surface area contributed by atoms with E-state index in [2.05, 4.69) is 37.9 Å². The molecule has 0 unspecified atom stereocenters. The van der Waals surface area contributed by atoms with Crippen LogP contribution in [-0.2, 0) is 9.53 Å². The monoisotopic (exact) mass is 298 g/mol. The van der Waals surface area contributed by atoms with E-state index in [1.54, 1.807) is 0 Å². The van der Waals surface area contributed by atoms with Crippen molar-refractivity contribution in [3.8, 4) is 0 Å². The standard InChI is InChI=1S/C17H34N2O2/c1-6-21-16(20)17(12-14(2)3,13-15(4)5)19-10-7-8-18-9-11-19/h14-15,18H,6-13H2,1-5H3. The lowest BCUT2D eigenvalue weighted by Gasteiger charge is -2.43. The van der Waals surface area contributed by atoms with E-state index in [9.17, 15) is 4.79 Å². The van der Waals surface area contributed by atoms with Crippen molar-refractivity contribution in [3.63, 3.8) is 0 Å². The highest BCUT2D eigenvalue weighted by Gasteiger charge is 2.45. The third-order valence-electron chi connectivity index (χ3n) is 4.09. The van der Waals surface area contributed by atoms with E-state index in [0.29, 0.717) is 18.4 Å². The predicted molar refractivity (Wildman–Crippen MR) is 87.3 cm³/mol. The van der Waals surface area contributed by atoms with Crippen LogP contribution in [0, 0.1) is 11.8 Å². The average molecular weight is 298 g/mol. The average Bonchev–Trinajstić information content (AvgIpc) is 2.65. The van der Waals surface area contributed by atoms with Crippen LogP contribution in [0.15, 0.2) is 0 Å². The van der Waals surface area contributed by atoms with Crippen molar-refractivity contribution in [1.29, 1.82) is 0 Å². The van der Waals surface area contributed by atoms with Gasteiger partial charge in [-0.3, -0.25) is 9.69 Å². The second-order valence-corrected chi connectivity index (χ2v) is 7.04. The maximum absolute atomic E-state index is 12.9. The SMILES string of the molecule is CCOC(=O)C(CC(C)C)(CC(C)C)N1CCCNCC1. The normalized spacial score (nSPS) is 18.0. The van der Waals surface area contributed by atoms with Gasteiger partial charge in [0.15, 0.2) is 0 Å². The van der Waals surface area contributed by atoms with Gasteiger partial charge in [-0.25, -0.2) is 0 Å². The summed E-state index contributed by atoms with van der Waals surface area (Å²) in [7, 11) is 0. The van der Waals surface area contributed by atoms with Gasteiger partial charge in [0.25, 0.3) is 0 Å². The number of rotatable bonds is 7. The van der Waals surface area contributed by atoms with E-state index in [-0.39, 0.29) is 5.97 Å². The van der Waals surface area contributed by atoms with E-state index < -0.39 is 5.54 Å². The summed E-state index contributed by atoms with van der Waals surface area (Å²) in [6.45, 7) is 15.1. The highest BCUT2D eigenvalue weighted by atomic mass is 16.5. The molecule has 4 heteroatoms. The van der Waals surface area contributed by atoms with Crippen molar-refractivity contribution in [1.82, 2.24) is 10.2 Å². The Hall–Kier alpha value is -0.610. The van der Waals surface area contributed by atoms with Crippen molar-refractivity contribution in [2.45, 2.75) is 59.4 Å². The van der Waals surface area contributed by atoms with Crippen LogP contribution >= 0.6 is 0 Å². The van der Waals surface area contributed by atoms with Crippen molar-refractivity contribution in [2.75, 3.05) is 32.8 Å². The molecular formula is C17H34N2O2. The Labute approximate surface area is 130 Å². The molecule has 4 nitrogen and oxygen atoms in total. The van der Waals surface area contributed by atoms with Gasteiger partial charge in [0.1, 0.15) is 5.54 Å². The number of carbonyl (C=O) groups excluding carboxylic acids is 1. The lowest BCUT2D eigenvalue weighted by atomic mass is 9.80. The Morgan fingerprint density at radius 2 is 1.76 bits per heavy atom. The van der Waals surface area contributed by atoms with Crippen LogP contribution in [0.4, 0.5) is 0 Å². The number of carbonyl (C=O) groups is 1. The highest BCUT2D eigenvalue weighted by molar-refractivity contribution is 5.81. The summed E-state index contributed by atoms with van der Waals surface area (Å²) in [5.41, 5.74) is -0.454. The Kier molecular flexibility index (Phi) is 7.67. The summed E-state index contributed by atoms with van der Waals surface area (Å²) in [4.78, 5) is 15.3. The Morgan fingerprint density at radius 3 is 2.29 bits per heavy atom. The number of hydrogen-bond acceptors (Lipinski definition) is 4. The Morgan fingerprint density at radius 1 is 1.14 bits per heavy atom. The van der Waals surface area contributed by atoms with Gasteiger partial charge in [-0.2, -0.15) is 0 Å².